The third-order valence-corrected chi connectivity index (χ3v) is 5.29. The van der Waals surface area contributed by atoms with Gasteiger partial charge >= 0.3 is 5.97 Å². The number of hydrogen-bond acceptors (Lipinski definition) is 5. The first-order valence-corrected chi connectivity index (χ1v) is 8.92. The van der Waals surface area contributed by atoms with E-state index in [1.54, 1.807) is 18.4 Å². The lowest BCUT2D eigenvalue weighted by molar-refractivity contribution is -0.136. The molecule has 0 spiro atoms. The fourth-order valence-electron chi connectivity index (χ4n) is 2.83. The number of methoxy groups -OCH3 is 2. The summed E-state index contributed by atoms with van der Waals surface area (Å²) in [5.41, 5.74) is 2.15. The van der Waals surface area contributed by atoms with Crippen LogP contribution in [0.4, 0.5) is 5.69 Å². The van der Waals surface area contributed by atoms with E-state index >= 15 is 0 Å². The first kappa shape index (κ1) is 17.4. The average Bonchev–Trinajstić information content (AvgIpc) is 3.16. The predicted molar refractivity (Wildman–Crippen MR) is 103 cm³/mol. The summed E-state index contributed by atoms with van der Waals surface area (Å²) in [6.07, 6.45) is 0. The standard InChI is InChI=1S/C18H18N2O3S2/c1-11-15(17(21)23-3)16(14-5-4-10-25-14)19-18(24)20(11)12-6-8-13(22-2)9-7-12/h4-10,16H,1-3H3,(H,19,24)/t16-/m0/s1. The van der Waals surface area contributed by atoms with Crippen LogP contribution in [0, 0.1) is 0 Å². The Morgan fingerprint density at radius 2 is 1.96 bits per heavy atom. The number of nitrogens with one attached hydrogen (secondary N) is 1. The lowest BCUT2D eigenvalue weighted by Gasteiger charge is -2.37. The molecule has 0 fully saturated rings. The summed E-state index contributed by atoms with van der Waals surface area (Å²) in [5.74, 6) is 0.385. The van der Waals surface area contributed by atoms with Crippen molar-refractivity contribution in [2.45, 2.75) is 13.0 Å². The molecule has 0 unspecified atom stereocenters. The molecule has 130 valence electrons. The number of allylic oxidation sites excluding steroid dienone is 1. The summed E-state index contributed by atoms with van der Waals surface area (Å²) in [4.78, 5) is 15.3. The van der Waals surface area contributed by atoms with Crippen molar-refractivity contribution in [3.8, 4) is 5.75 Å². The number of carbonyl (C=O) groups is 1. The van der Waals surface area contributed by atoms with Crippen LogP contribution in [0.1, 0.15) is 17.8 Å². The summed E-state index contributed by atoms with van der Waals surface area (Å²) in [6.45, 7) is 1.88. The van der Waals surface area contributed by atoms with Crippen molar-refractivity contribution in [2.24, 2.45) is 0 Å². The van der Waals surface area contributed by atoms with Crippen molar-refractivity contribution in [1.29, 1.82) is 0 Å². The second-order valence-corrected chi connectivity index (χ2v) is 6.79. The smallest absolute Gasteiger partial charge is 0.338 e. The Kier molecular flexibility index (Phi) is 5.06. The molecule has 25 heavy (non-hydrogen) atoms. The van der Waals surface area contributed by atoms with E-state index in [2.05, 4.69) is 5.32 Å². The van der Waals surface area contributed by atoms with Gasteiger partial charge in [-0.1, -0.05) is 6.07 Å². The molecule has 0 amide bonds. The summed E-state index contributed by atoms with van der Waals surface area (Å²) < 4.78 is 10.2. The van der Waals surface area contributed by atoms with Gasteiger partial charge in [0.15, 0.2) is 5.11 Å². The van der Waals surface area contributed by atoms with Crippen LogP contribution in [0.25, 0.3) is 0 Å². The maximum Gasteiger partial charge on any atom is 0.338 e. The van der Waals surface area contributed by atoms with Gasteiger partial charge in [-0.3, -0.25) is 4.90 Å². The van der Waals surface area contributed by atoms with Crippen LogP contribution < -0.4 is 15.0 Å². The van der Waals surface area contributed by atoms with E-state index in [4.69, 9.17) is 21.7 Å². The number of rotatable bonds is 4. The monoisotopic (exact) mass is 374 g/mol. The highest BCUT2D eigenvalue weighted by atomic mass is 32.1. The Bertz CT molecular complexity index is 813. The van der Waals surface area contributed by atoms with Gasteiger partial charge < -0.3 is 14.8 Å². The molecule has 5 nitrogen and oxygen atoms in total. The maximum absolute atomic E-state index is 12.5. The molecule has 7 heteroatoms. The van der Waals surface area contributed by atoms with E-state index in [1.807, 2.05) is 53.6 Å². The molecule has 0 saturated heterocycles. The van der Waals surface area contributed by atoms with E-state index in [0.29, 0.717) is 10.7 Å². The number of anilines is 1. The quantitative estimate of drug-likeness (QED) is 0.651. The third-order valence-electron chi connectivity index (χ3n) is 4.05. The Morgan fingerprint density at radius 3 is 2.52 bits per heavy atom. The van der Waals surface area contributed by atoms with E-state index in [0.717, 1.165) is 22.0 Å². The number of hydrogen-bond donors (Lipinski definition) is 1. The zero-order valence-corrected chi connectivity index (χ0v) is 15.7. The lowest BCUT2D eigenvalue weighted by atomic mass is 10.0. The first-order valence-electron chi connectivity index (χ1n) is 7.64. The second-order valence-electron chi connectivity index (χ2n) is 5.42. The summed E-state index contributed by atoms with van der Waals surface area (Å²) in [5, 5.41) is 5.78. The molecule has 3 rings (SSSR count). The molecule has 1 atom stereocenters. The number of nitrogens with zero attached hydrogens (tertiary/aromatic N) is 1. The second kappa shape index (κ2) is 7.25. The zero-order valence-electron chi connectivity index (χ0n) is 14.1. The van der Waals surface area contributed by atoms with Gasteiger partial charge in [-0.05, 0) is 54.9 Å². The van der Waals surface area contributed by atoms with Crippen LogP contribution >= 0.6 is 23.6 Å². The number of benzene rings is 1. The minimum Gasteiger partial charge on any atom is -0.497 e. The molecule has 0 bridgehead atoms. The van der Waals surface area contributed by atoms with Crippen molar-refractivity contribution in [3.63, 3.8) is 0 Å². The highest BCUT2D eigenvalue weighted by Crippen LogP contribution is 2.36. The lowest BCUT2D eigenvalue weighted by Crippen LogP contribution is -2.47. The van der Waals surface area contributed by atoms with Crippen molar-refractivity contribution in [1.82, 2.24) is 5.32 Å². The molecule has 1 aliphatic rings. The van der Waals surface area contributed by atoms with Gasteiger partial charge in [-0.2, -0.15) is 0 Å². The van der Waals surface area contributed by atoms with Crippen molar-refractivity contribution >= 4 is 40.3 Å². The van der Waals surface area contributed by atoms with Crippen LogP contribution in [-0.2, 0) is 9.53 Å². The minimum absolute atomic E-state index is 0.311. The van der Waals surface area contributed by atoms with Crippen LogP contribution in [0.15, 0.2) is 53.0 Å². The fourth-order valence-corrected chi connectivity index (χ4v) is 3.97. The van der Waals surface area contributed by atoms with Crippen LogP contribution in [-0.4, -0.2) is 25.3 Å². The molecular weight excluding hydrogens is 356 g/mol. The highest BCUT2D eigenvalue weighted by Gasteiger charge is 2.35. The Morgan fingerprint density at radius 1 is 1.24 bits per heavy atom. The summed E-state index contributed by atoms with van der Waals surface area (Å²) >= 11 is 7.14. The van der Waals surface area contributed by atoms with Crippen molar-refractivity contribution < 1.29 is 14.3 Å². The molecule has 1 N–H and O–H groups in total. The molecule has 0 aliphatic carbocycles. The summed E-state index contributed by atoms with van der Waals surface area (Å²) in [6, 6.07) is 11.1. The molecule has 1 aliphatic heterocycles. The largest absolute Gasteiger partial charge is 0.497 e. The fraction of sp³-hybridized carbons (Fsp3) is 0.222. The van der Waals surface area contributed by atoms with Gasteiger partial charge in [-0.25, -0.2) is 4.79 Å². The molecule has 0 radical (unpaired) electrons. The topological polar surface area (TPSA) is 50.8 Å². The van der Waals surface area contributed by atoms with Crippen LogP contribution in [0.2, 0.25) is 0 Å². The van der Waals surface area contributed by atoms with Gasteiger partial charge in [0.25, 0.3) is 0 Å². The van der Waals surface area contributed by atoms with Crippen LogP contribution in [0.5, 0.6) is 5.75 Å². The molecule has 2 heterocycles. The predicted octanol–water partition coefficient (Wildman–Crippen LogP) is 3.64. The number of thiophene rings is 1. The normalized spacial score (nSPS) is 17.3. The van der Waals surface area contributed by atoms with Gasteiger partial charge in [0, 0.05) is 16.3 Å². The van der Waals surface area contributed by atoms with Crippen molar-refractivity contribution in [3.05, 3.63) is 57.9 Å². The average molecular weight is 374 g/mol. The zero-order chi connectivity index (χ0) is 18.0. The number of esters is 1. The Balaban J connectivity index is 2.08. The van der Waals surface area contributed by atoms with Gasteiger partial charge in [0.1, 0.15) is 5.75 Å². The molecular formula is C18H18N2O3S2. The Labute approximate surface area is 155 Å². The third kappa shape index (κ3) is 3.25. The van der Waals surface area contributed by atoms with E-state index in [1.165, 1.54) is 7.11 Å². The number of carbonyl (C=O) groups excluding carboxylic acids is 1. The Hall–Kier alpha value is -2.38. The first-order chi connectivity index (χ1) is 12.1. The van der Waals surface area contributed by atoms with E-state index in [-0.39, 0.29) is 12.0 Å². The molecule has 1 aromatic carbocycles. The van der Waals surface area contributed by atoms with Gasteiger partial charge in [0.2, 0.25) is 0 Å². The molecule has 2 aromatic rings. The SMILES string of the molecule is COC(=O)C1=C(C)N(c2ccc(OC)cc2)C(=S)N[C@H]1c1cccs1. The number of ether oxygens (including phenoxy) is 2. The molecule has 0 saturated carbocycles. The minimum atomic E-state index is -0.371. The van der Waals surface area contributed by atoms with Gasteiger partial charge in [-0.15, -0.1) is 11.3 Å². The van der Waals surface area contributed by atoms with Crippen molar-refractivity contribution in [2.75, 3.05) is 19.1 Å². The van der Waals surface area contributed by atoms with Crippen LogP contribution in [0.3, 0.4) is 0 Å². The van der Waals surface area contributed by atoms with E-state index in [9.17, 15) is 4.79 Å². The molecule has 1 aromatic heterocycles. The highest BCUT2D eigenvalue weighted by molar-refractivity contribution is 7.80. The van der Waals surface area contributed by atoms with Gasteiger partial charge in [0.05, 0.1) is 25.8 Å². The maximum atomic E-state index is 12.5. The van der Waals surface area contributed by atoms with E-state index < -0.39 is 0 Å². The number of thiocarbonyl (C=S) groups is 1. The summed E-state index contributed by atoms with van der Waals surface area (Å²) in [7, 11) is 3.01.